The molecule has 0 heterocycles. The van der Waals surface area contributed by atoms with Crippen LogP contribution in [0, 0.1) is 5.92 Å². The fourth-order valence-corrected chi connectivity index (χ4v) is 2.01. The molecule has 0 aliphatic heterocycles. The van der Waals surface area contributed by atoms with Crippen molar-refractivity contribution in [2.75, 3.05) is 0 Å². The Morgan fingerprint density at radius 2 is 1.75 bits per heavy atom. The van der Waals surface area contributed by atoms with Gasteiger partial charge in [-0.1, -0.05) is 46.6 Å². The van der Waals surface area contributed by atoms with E-state index in [9.17, 15) is 0 Å². The lowest BCUT2D eigenvalue weighted by Gasteiger charge is -2.25. The molecular formula is C13H13BrO2. The maximum Gasteiger partial charge on any atom is 0.373 e. The third-order valence-corrected chi connectivity index (χ3v) is 2.99. The molecular weight excluding hydrogens is 268 g/mol. The molecule has 0 radical (unpaired) electrons. The Bertz CT molecular complexity index is 392. The zero-order chi connectivity index (χ0) is 12.0. The molecule has 0 aromatic heterocycles. The van der Waals surface area contributed by atoms with E-state index >= 15 is 0 Å². The van der Waals surface area contributed by atoms with Crippen molar-refractivity contribution in [3.8, 4) is 0 Å². The molecule has 1 fully saturated rings. The van der Waals surface area contributed by atoms with Crippen LogP contribution in [0.25, 0.3) is 6.08 Å². The summed E-state index contributed by atoms with van der Waals surface area (Å²) in [7, 11) is 0. The Morgan fingerprint density at radius 1 is 1.25 bits per heavy atom. The van der Waals surface area contributed by atoms with Crippen LogP contribution in [-0.2, 0) is 9.59 Å². The molecule has 0 atom stereocenters. The van der Waals surface area contributed by atoms with Gasteiger partial charge >= 0.3 is 6.15 Å². The van der Waals surface area contributed by atoms with Gasteiger partial charge in [-0.3, -0.25) is 0 Å². The van der Waals surface area contributed by atoms with Crippen LogP contribution in [0.3, 0.4) is 0 Å². The fourth-order valence-electron chi connectivity index (χ4n) is 1.75. The number of carbonyl (C=O) groups excluding carboxylic acids is 2. The summed E-state index contributed by atoms with van der Waals surface area (Å²) in [5, 5.41) is 0. The van der Waals surface area contributed by atoms with E-state index < -0.39 is 0 Å². The van der Waals surface area contributed by atoms with Crippen LogP contribution >= 0.6 is 15.9 Å². The van der Waals surface area contributed by atoms with Crippen LogP contribution in [-0.4, -0.2) is 6.15 Å². The topological polar surface area (TPSA) is 34.1 Å². The standard InChI is InChI=1S/C12H13Br.CO2/c1-9-6-11(7-9)8-10-2-4-12(13)5-3-10;2-1-3/h2-5,8-9H,6-7H2,1H3;. The van der Waals surface area contributed by atoms with Gasteiger partial charge in [-0.15, -0.1) is 0 Å². The molecule has 0 spiro atoms. The molecule has 1 aliphatic carbocycles. The van der Waals surface area contributed by atoms with E-state index in [0.717, 1.165) is 10.4 Å². The van der Waals surface area contributed by atoms with E-state index in [1.54, 1.807) is 5.57 Å². The molecule has 0 amide bonds. The Hall–Kier alpha value is -1.18. The molecule has 2 rings (SSSR count). The highest BCUT2D eigenvalue weighted by Gasteiger charge is 2.17. The van der Waals surface area contributed by atoms with Gasteiger partial charge in [0.1, 0.15) is 0 Å². The minimum Gasteiger partial charge on any atom is -0.186 e. The Morgan fingerprint density at radius 3 is 2.19 bits per heavy atom. The molecule has 16 heavy (non-hydrogen) atoms. The highest BCUT2D eigenvalue weighted by molar-refractivity contribution is 9.10. The molecule has 84 valence electrons. The fraction of sp³-hybridized carbons (Fsp3) is 0.308. The van der Waals surface area contributed by atoms with E-state index in [1.807, 2.05) is 0 Å². The van der Waals surface area contributed by atoms with Crippen molar-refractivity contribution >= 4 is 28.2 Å². The zero-order valence-electron chi connectivity index (χ0n) is 9.07. The molecule has 0 unspecified atom stereocenters. The minimum atomic E-state index is 0.250. The van der Waals surface area contributed by atoms with Crippen LogP contribution < -0.4 is 0 Å². The van der Waals surface area contributed by atoms with Gasteiger partial charge in [0.05, 0.1) is 0 Å². The maximum absolute atomic E-state index is 8.12. The second-order valence-corrected chi connectivity index (χ2v) is 4.87. The first-order valence-electron chi connectivity index (χ1n) is 5.10. The Labute approximate surface area is 103 Å². The van der Waals surface area contributed by atoms with Gasteiger partial charge in [0.15, 0.2) is 0 Å². The third kappa shape index (κ3) is 4.13. The monoisotopic (exact) mass is 280 g/mol. The Balaban J connectivity index is 0.000000386. The lowest BCUT2D eigenvalue weighted by atomic mass is 9.81. The summed E-state index contributed by atoms with van der Waals surface area (Å²) < 4.78 is 1.15. The molecule has 3 heteroatoms. The maximum atomic E-state index is 8.12. The largest absolute Gasteiger partial charge is 0.373 e. The molecule has 0 bridgehead atoms. The van der Waals surface area contributed by atoms with E-state index in [2.05, 4.69) is 53.2 Å². The molecule has 0 N–H and O–H groups in total. The molecule has 2 nitrogen and oxygen atoms in total. The lowest BCUT2D eigenvalue weighted by Crippen LogP contribution is -2.09. The first-order valence-corrected chi connectivity index (χ1v) is 5.89. The van der Waals surface area contributed by atoms with Crippen molar-refractivity contribution < 1.29 is 9.59 Å². The summed E-state index contributed by atoms with van der Waals surface area (Å²) in [6.07, 6.45) is 5.14. The zero-order valence-corrected chi connectivity index (χ0v) is 10.7. The van der Waals surface area contributed by atoms with E-state index in [0.29, 0.717) is 0 Å². The summed E-state index contributed by atoms with van der Waals surface area (Å²) in [4.78, 5) is 16.2. The van der Waals surface area contributed by atoms with E-state index in [-0.39, 0.29) is 6.15 Å². The van der Waals surface area contributed by atoms with Gasteiger partial charge in [-0.25, -0.2) is 0 Å². The van der Waals surface area contributed by atoms with Crippen molar-refractivity contribution in [1.82, 2.24) is 0 Å². The normalized spacial score (nSPS) is 17.6. The van der Waals surface area contributed by atoms with Crippen LogP contribution in [0.4, 0.5) is 0 Å². The molecule has 1 aromatic rings. The number of benzene rings is 1. The van der Waals surface area contributed by atoms with Gasteiger partial charge < -0.3 is 0 Å². The molecule has 1 aromatic carbocycles. The number of hydrogen-bond donors (Lipinski definition) is 0. The van der Waals surface area contributed by atoms with E-state index in [1.165, 1.54) is 18.4 Å². The second-order valence-electron chi connectivity index (χ2n) is 3.95. The van der Waals surface area contributed by atoms with Crippen molar-refractivity contribution in [2.24, 2.45) is 5.92 Å². The SMILES string of the molecule is CC1CC(=Cc2ccc(Br)cc2)C1.O=C=O. The second kappa shape index (κ2) is 6.41. The number of hydrogen-bond acceptors (Lipinski definition) is 2. The average molecular weight is 281 g/mol. The van der Waals surface area contributed by atoms with Crippen LogP contribution in [0.15, 0.2) is 34.3 Å². The predicted octanol–water partition coefficient (Wildman–Crippen LogP) is 3.68. The van der Waals surface area contributed by atoms with Crippen LogP contribution in [0.5, 0.6) is 0 Å². The van der Waals surface area contributed by atoms with Crippen LogP contribution in [0.1, 0.15) is 25.3 Å². The lowest BCUT2D eigenvalue weighted by molar-refractivity contribution is -0.191. The quantitative estimate of drug-likeness (QED) is 0.787. The van der Waals surface area contributed by atoms with Crippen LogP contribution in [0.2, 0.25) is 0 Å². The average Bonchev–Trinajstić information content (AvgIpc) is 2.20. The first kappa shape index (κ1) is 12.9. The van der Waals surface area contributed by atoms with Gasteiger partial charge in [0.25, 0.3) is 0 Å². The highest BCUT2D eigenvalue weighted by Crippen LogP contribution is 2.33. The summed E-state index contributed by atoms with van der Waals surface area (Å²) in [5.74, 6) is 0.904. The highest BCUT2D eigenvalue weighted by atomic mass is 79.9. The summed E-state index contributed by atoms with van der Waals surface area (Å²) in [5.41, 5.74) is 2.92. The van der Waals surface area contributed by atoms with Crippen molar-refractivity contribution in [1.29, 1.82) is 0 Å². The summed E-state index contributed by atoms with van der Waals surface area (Å²) in [6, 6.07) is 8.49. The van der Waals surface area contributed by atoms with Crippen molar-refractivity contribution in [2.45, 2.75) is 19.8 Å². The predicted molar refractivity (Wildman–Crippen MR) is 65.5 cm³/mol. The van der Waals surface area contributed by atoms with Gasteiger partial charge in [0, 0.05) is 4.47 Å². The molecule has 1 aliphatic rings. The summed E-state index contributed by atoms with van der Waals surface area (Å²) >= 11 is 3.43. The minimum absolute atomic E-state index is 0.250. The smallest absolute Gasteiger partial charge is 0.186 e. The third-order valence-electron chi connectivity index (χ3n) is 2.46. The number of rotatable bonds is 1. The van der Waals surface area contributed by atoms with E-state index in [4.69, 9.17) is 9.59 Å². The van der Waals surface area contributed by atoms with Gasteiger partial charge in [-0.2, -0.15) is 9.59 Å². The number of halogens is 1. The van der Waals surface area contributed by atoms with Crippen molar-refractivity contribution in [3.63, 3.8) is 0 Å². The first-order chi connectivity index (χ1) is 7.65. The molecule has 0 saturated heterocycles. The van der Waals surface area contributed by atoms with Gasteiger partial charge in [0.2, 0.25) is 0 Å². The number of allylic oxidation sites excluding steroid dienone is 1. The van der Waals surface area contributed by atoms with Gasteiger partial charge in [-0.05, 0) is 36.5 Å². The Kier molecular flexibility index (Phi) is 5.17. The van der Waals surface area contributed by atoms with Crippen molar-refractivity contribution in [3.05, 3.63) is 39.9 Å². The molecule has 1 saturated carbocycles. The summed E-state index contributed by atoms with van der Waals surface area (Å²) in [6.45, 7) is 2.30.